The molecule has 31 heavy (non-hydrogen) atoms. The molecule has 0 radical (unpaired) electrons. The zero-order chi connectivity index (χ0) is 22.5. The van der Waals surface area contributed by atoms with Crippen LogP contribution in [0.1, 0.15) is 29.3 Å². The van der Waals surface area contributed by atoms with Crippen LogP contribution < -0.4 is 4.74 Å². The molecule has 0 saturated carbocycles. The fraction of sp³-hybridized carbons (Fsp3) is 0.182. The van der Waals surface area contributed by atoms with Crippen molar-refractivity contribution in [2.24, 2.45) is 4.99 Å². The number of thioether (sulfide) groups is 1. The van der Waals surface area contributed by atoms with Crippen LogP contribution in [0.5, 0.6) is 5.75 Å². The van der Waals surface area contributed by atoms with Crippen LogP contribution in [0.15, 0.2) is 58.4 Å². The van der Waals surface area contributed by atoms with Crippen LogP contribution in [0.2, 0.25) is 0 Å². The maximum absolute atomic E-state index is 12.6. The molecule has 8 nitrogen and oxygen atoms in total. The fourth-order valence-corrected chi connectivity index (χ4v) is 3.69. The summed E-state index contributed by atoms with van der Waals surface area (Å²) in [5.41, 5.74) is 1.46. The topological polar surface area (TPSA) is 117 Å². The largest absolute Gasteiger partial charge is 0.479 e. The number of rotatable bonds is 7. The molecule has 9 heteroatoms. The van der Waals surface area contributed by atoms with E-state index < -0.39 is 18.0 Å². The van der Waals surface area contributed by atoms with E-state index in [2.05, 4.69) is 4.99 Å². The van der Waals surface area contributed by atoms with Crippen molar-refractivity contribution < 1.29 is 29.3 Å². The molecule has 2 aromatic rings. The molecule has 1 aliphatic rings. The summed E-state index contributed by atoms with van der Waals surface area (Å²) in [5, 5.41) is 18.5. The minimum atomic E-state index is -1.02. The van der Waals surface area contributed by atoms with Gasteiger partial charge in [-0.15, -0.1) is 0 Å². The summed E-state index contributed by atoms with van der Waals surface area (Å²) in [4.78, 5) is 41.0. The van der Waals surface area contributed by atoms with E-state index in [4.69, 9.17) is 14.9 Å². The number of carboxylic acids is 2. The van der Waals surface area contributed by atoms with E-state index >= 15 is 0 Å². The molecular formula is C22H20N2O6S. The third-order valence-corrected chi connectivity index (χ3v) is 5.51. The van der Waals surface area contributed by atoms with Gasteiger partial charge in [-0.1, -0.05) is 19.1 Å². The van der Waals surface area contributed by atoms with Crippen LogP contribution >= 0.6 is 11.8 Å². The normalized spacial score (nSPS) is 17.2. The molecule has 1 fully saturated rings. The van der Waals surface area contributed by atoms with Crippen molar-refractivity contribution in [3.63, 3.8) is 0 Å². The fourth-order valence-electron chi connectivity index (χ4n) is 2.71. The smallest absolute Gasteiger partial charge is 0.344 e. The molecule has 0 bridgehead atoms. The van der Waals surface area contributed by atoms with Crippen LogP contribution in [0.4, 0.5) is 5.69 Å². The van der Waals surface area contributed by atoms with Gasteiger partial charge >= 0.3 is 11.9 Å². The standard InChI is InChI=1S/C22H20N2O6S/c1-3-17(21(28)29)30-16-10-4-13(5-11-16)12-18-19(25)24(2)22(31-18)23-15-8-6-14(7-9-15)20(26)27/h4-12,17H,3H2,1-2H3,(H,26,27)(H,28,29)/b18-12-,23-22?. The van der Waals surface area contributed by atoms with Crippen LogP contribution in [-0.4, -0.2) is 51.3 Å². The zero-order valence-corrected chi connectivity index (χ0v) is 17.6. The number of ether oxygens (including phenoxy) is 1. The van der Waals surface area contributed by atoms with Gasteiger partial charge in [-0.25, -0.2) is 14.6 Å². The average molecular weight is 440 g/mol. The predicted molar refractivity (Wildman–Crippen MR) is 118 cm³/mol. The molecule has 1 aliphatic heterocycles. The quantitative estimate of drug-likeness (QED) is 0.628. The Balaban J connectivity index is 1.75. The van der Waals surface area contributed by atoms with E-state index in [1.807, 2.05) is 0 Å². The van der Waals surface area contributed by atoms with E-state index in [1.165, 1.54) is 28.8 Å². The number of amidine groups is 1. The minimum Gasteiger partial charge on any atom is -0.479 e. The summed E-state index contributed by atoms with van der Waals surface area (Å²) in [6, 6.07) is 12.9. The van der Waals surface area contributed by atoms with E-state index in [1.54, 1.807) is 56.4 Å². The number of amides is 1. The van der Waals surface area contributed by atoms with Crippen LogP contribution in [-0.2, 0) is 9.59 Å². The molecule has 1 heterocycles. The number of aromatic carboxylic acids is 1. The highest BCUT2D eigenvalue weighted by Crippen LogP contribution is 2.33. The summed E-state index contributed by atoms with van der Waals surface area (Å²) in [6.07, 6.45) is 1.16. The third kappa shape index (κ3) is 5.32. The number of aliphatic imine (C=N–C) groups is 1. The number of nitrogens with zero attached hydrogens (tertiary/aromatic N) is 2. The predicted octanol–water partition coefficient (Wildman–Crippen LogP) is 3.86. The van der Waals surface area contributed by atoms with Gasteiger partial charge in [0.1, 0.15) is 5.75 Å². The van der Waals surface area contributed by atoms with Gasteiger partial charge in [-0.2, -0.15) is 0 Å². The van der Waals surface area contributed by atoms with Gasteiger partial charge in [-0.05, 0) is 66.2 Å². The molecule has 3 rings (SSSR count). The Bertz CT molecular complexity index is 1060. The summed E-state index contributed by atoms with van der Waals surface area (Å²) in [7, 11) is 1.62. The average Bonchev–Trinajstić information content (AvgIpc) is 3.01. The van der Waals surface area contributed by atoms with Gasteiger partial charge in [0.25, 0.3) is 5.91 Å². The Hall–Kier alpha value is -3.59. The first kappa shape index (κ1) is 22.1. The van der Waals surface area contributed by atoms with E-state index in [0.717, 1.165) is 5.56 Å². The molecule has 1 amide bonds. The summed E-state index contributed by atoms with van der Waals surface area (Å²) >= 11 is 1.21. The van der Waals surface area contributed by atoms with Gasteiger partial charge < -0.3 is 14.9 Å². The van der Waals surface area contributed by atoms with Crippen molar-refractivity contribution in [1.29, 1.82) is 0 Å². The highest BCUT2D eigenvalue weighted by molar-refractivity contribution is 8.18. The lowest BCUT2D eigenvalue weighted by Crippen LogP contribution is -2.25. The lowest BCUT2D eigenvalue weighted by atomic mass is 10.2. The van der Waals surface area contributed by atoms with Crippen molar-refractivity contribution >= 4 is 46.5 Å². The number of carbonyl (C=O) groups excluding carboxylic acids is 1. The molecule has 160 valence electrons. The maximum atomic E-state index is 12.6. The molecule has 1 unspecified atom stereocenters. The highest BCUT2D eigenvalue weighted by Gasteiger charge is 2.30. The second-order valence-corrected chi connectivity index (χ2v) is 7.65. The van der Waals surface area contributed by atoms with Gasteiger partial charge in [-0.3, -0.25) is 9.69 Å². The molecule has 0 aromatic heterocycles. The minimum absolute atomic E-state index is 0.161. The van der Waals surface area contributed by atoms with Gasteiger partial charge in [0, 0.05) is 7.05 Å². The maximum Gasteiger partial charge on any atom is 0.344 e. The first-order valence-electron chi connectivity index (χ1n) is 9.37. The van der Waals surface area contributed by atoms with Crippen molar-refractivity contribution in [2.45, 2.75) is 19.4 Å². The summed E-state index contributed by atoms with van der Waals surface area (Å²) in [5.74, 6) is -1.81. The number of likely N-dealkylation sites (N-methyl/N-ethyl adjacent to an activating group) is 1. The number of benzene rings is 2. The SMILES string of the molecule is CCC(Oc1ccc(/C=C2\SC(=Nc3ccc(C(=O)O)cc3)N(C)C2=O)cc1)C(=O)O. The second kappa shape index (κ2) is 9.48. The monoisotopic (exact) mass is 440 g/mol. The Kier molecular flexibility index (Phi) is 6.76. The molecule has 1 saturated heterocycles. The number of hydrogen-bond donors (Lipinski definition) is 2. The molecule has 0 aliphatic carbocycles. The first-order valence-corrected chi connectivity index (χ1v) is 10.2. The number of carboxylic acid groups (broad SMARTS) is 2. The Morgan fingerprint density at radius 2 is 1.77 bits per heavy atom. The molecule has 0 spiro atoms. The summed E-state index contributed by atoms with van der Waals surface area (Å²) < 4.78 is 5.44. The Labute approximate surface area is 182 Å². The lowest BCUT2D eigenvalue weighted by molar-refractivity contribution is -0.145. The van der Waals surface area contributed by atoms with Crippen molar-refractivity contribution in [3.05, 3.63) is 64.6 Å². The second-order valence-electron chi connectivity index (χ2n) is 6.64. The van der Waals surface area contributed by atoms with Gasteiger partial charge in [0.15, 0.2) is 11.3 Å². The lowest BCUT2D eigenvalue weighted by Gasteiger charge is -2.13. The molecular weight excluding hydrogens is 420 g/mol. The third-order valence-electron chi connectivity index (χ3n) is 4.45. The van der Waals surface area contributed by atoms with Gasteiger partial charge in [0.05, 0.1) is 16.2 Å². The molecule has 2 N–H and O–H groups in total. The van der Waals surface area contributed by atoms with Crippen LogP contribution in [0, 0.1) is 0 Å². The number of aliphatic carboxylic acids is 1. The molecule has 1 atom stereocenters. The van der Waals surface area contributed by atoms with Crippen molar-refractivity contribution in [2.75, 3.05) is 7.05 Å². The number of hydrogen-bond acceptors (Lipinski definition) is 6. The van der Waals surface area contributed by atoms with Crippen LogP contribution in [0.3, 0.4) is 0 Å². The van der Waals surface area contributed by atoms with Crippen molar-refractivity contribution in [3.8, 4) is 5.75 Å². The van der Waals surface area contributed by atoms with E-state index in [9.17, 15) is 14.4 Å². The molecule has 2 aromatic carbocycles. The zero-order valence-electron chi connectivity index (χ0n) is 16.8. The Morgan fingerprint density at radius 3 is 2.32 bits per heavy atom. The van der Waals surface area contributed by atoms with Crippen LogP contribution in [0.25, 0.3) is 6.08 Å². The Morgan fingerprint density at radius 1 is 1.13 bits per heavy atom. The van der Waals surface area contributed by atoms with E-state index in [0.29, 0.717) is 27.9 Å². The summed E-state index contributed by atoms with van der Waals surface area (Å²) in [6.45, 7) is 1.73. The highest BCUT2D eigenvalue weighted by atomic mass is 32.2. The van der Waals surface area contributed by atoms with Crippen molar-refractivity contribution in [1.82, 2.24) is 4.90 Å². The number of carbonyl (C=O) groups is 3. The van der Waals surface area contributed by atoms with E-state index in [-0.39, 0.29) is 11.5 Å². The first-order chi connectivity index (χ1) is 14.8. The van der Waals surface area contributed by atoms with Gasteiger partial charge in [0.2, 0.25) is 0 Å².